The van der Waals surface area contributed by atoms with Gasteiger partial charge in [0.05, 0.1) is 18.2 Å². The number of anilines is 1. The number of aliphatic hydroxyl groups excluding tert-OH is 1. The summed E-state index contributed by atoms with van der Waals surface area (Å²) < 4.78 is 18.1. The molecule has 0 spiro atoms. The Balaban J connectivity index is 1.89. The third-order valence-electron chi connectivity index (χ3n) is 3.11. The van der Waals surface area contributed by atoms with Crippen LogP contribution in [0.3, 0.4) is 0 Å². The summed E-state index contributed by atoms with van der Waals surface area (Å²) in [5.74, 6) is 0.0537. The summed E-state index contributed by atoms with van der Waals surface area (Å²) in [6.07, 6.45) is -0.882. The summed E-state index contributed by atoms with van der Waals surface area (Å²) in [7, 11) is 1.53. The Labute approximate surface area is 138 Å². The van der Waals surface area contributed by atoms with Gasteiger partial charge in [-0.25, -0.2) is 9.18 Å². The third-order valence-corrected chi connectivity index (χ3v) is 3.40. The Bertz CT molecular complexity index is 697. The van der Waals surface area contributed by atoms with Gasteiger partial charge in [0, 0.05) is 12.2 Å². The number of nitrogens with one attached hydrogen (secondary N) is 2. The van der Waals surface area contributed by atoms with Gasteiger partial charge in [-0.3, -0.25) is 0 Å². The van der Waals surface area contributed by atoms with Crippen LogP contribution in [-0.4, -0.2) is 24.8 Å². The van der Waals surface area contributed by atoms with Crippen molar-refractivity contribution in [2.45, 2.75) is 6.10 Å². The van der Waals surface area contributed by atoms with Crippen molar-refractivity contribution < 1.29 is 19.0 Å². The highest BCUT2D eigenvalue weighted by atomic mass is 35.5. The first-order valence-corrected chi connectivity index (χ1v) is 7.19. The van der Waals surface area contributed by atoms with Crippen LogP contribution < -0.4 is 15.4 Å². The number of hydrogen-bond acceptors (Lipinski definition) is 3. The van der Waals surface area contributed by atoms with Crippen molar-refractivity contribution in [2.24, 2.45) is 0 Å². The van der Waals surface area contributed by atoms with Gasteiger partial charge in [-0.05, 0) is 35.9 Å². The van der Waals surface area contributed by atoms with Gasteiger partial charge >= 0.3 is 6.03 Å². The Morgan fingerprint density at radius 1 is 1.35 bits per heavy atom. The van der Waals surface area contributed by atoms with E-state index in [9.17, 15) is 14.3 Å². The molecule has 5 nitrogen and oxygen atoms in total. The van der Waals surface area contributed by atoms with Gasteiger partial charge in [0.25, 0.3) is 0 Å². The largest absolute Gasteiger partial charge is 0.497 e. The van der Waals surface area contributed by atoms with E-state index in [0.29, 0.717) is 17.0 Å². The maximum Gasteiger partial charge on any atom is 0.319 e. The van der Waals surface area contributed by atoms with Crippen LogP contribution in [0.5, 0.6) is 5.75 Å². The van der Waals surface area contributed by atoms with Crippen LogP contribution in [-0.2, 0) is 0 Å². The lowest BCUT2D eigenvalue weighted by molar-refractivity contribution is 0.175. The summed E-state index contributed by atoms with van der Waals surface area (Å²) in [6, 6.07) is 10.2. The summed E-state index contributed by atoms with van der Waals surface area (Å²) in [5, 5.41) is 15.0. The maximum atomic E-state index is 13.0. The fraction of sp³-hybridized carbons (Fsp3) is 0.188. The maximum absolute atomic E-state index is 13.0. The first-order valence-electron chi connectivity index (χ1n) is 6.81. The van der Waals surface area contributed by atoms with Crippen LogP contribution in [0.1, 0.15) is 11.7 Å². The van der Waals surface area contributed by atoms with Gasteiger partial charge in [0.2, 0.25) is 0 Å². The van der Waals surface area contributed by atoms with Crippen molar-refractivity contribution >= 4 is 23.3 Å². The van der Waals surface area contributed by atoms with Crippen LogP contribution in [0.2, 0.25) is 5.02 Å². The molecule has 1 unspecified atom stereocenters. The third kappa shape index (κ3) is 4.84. The lowest BCUT2D eigenvalue weighted by Crippen LogP contribution is -2.32. The number of ether oxygens (including phenoxy) is 1. The topological polar surface area (TPSA) is 70.6 Å². The summed E-state index contributed by atoms with van der Waals surface area (Å²) in [4.78, 5) is 11.8. The monoisotopic (exact) mass is 338 g/mol. The molecule has 2 aromatic carbocycles. The molecule has 0 saturated carbocycles. The normalized spacial score (nSPS) is 11.7. The van der Waals surface area contributed by atoms with Crippen LogP contribution in [0.15, 0.2) is 42.5 Å². The quantitative estimate of drug-likeness (QED) is 0.783. The number of carbonyl (C=O) groups is 1. The molecule has 0 heterocycles. The highest BCUT2D eigenvalue weighted by molar-refractivity contribution is 6.31. The van der Waals surface area contributed by atoms with Crippen molar-refractivity contribution in [3.8, 4) is 5.75 Å². The summed E-state index contributed by atoms with van der Waals surface area (Å²) in [5.41, 5.74) is 0.972. The number of rotatable bonds is 5. The summed E-state index contributed by atoms with van der Waals surface area (Å²) in [6.45, 7) is 0.00786. The lowest BCUT2D eigenvalue weighted by atomic mass is 10.1. The molecule has 2 aromatic rings. The molecule has 0 aliphatic carbocycles. The Morgan fingerprint density at radius 3 is 2.83 bits per heavy atom. The smallest absolute Gasteiger partial charge is 0.319 e. The number of halogens is 2. The van der Waals surface area contributed by atoms with Crippen molar-refractivity contribution in [1.29, 1.82) is 0 Å². The van der Waals surface area contributed by atoms with Gasteiger partial charge in [-0.15, -0.1) is 0 Å². The molecular weight excluding hydrogens is 323 g/mol. The van der Waals surface area contributed by atoms with Crippen molar-refractivity contribution in [1.82, 2.24) is 5.32 Å². The zero-order chi connectivity index (χ0) is 16.8. The molecule has 0 radical (unpaired) electrons. The number of urea groups is 1. The molecule has 7 heteroatoms. The van der Waals surface area contributed by atoms with E-state index in [1.165, 1.54) is 19.2 Å². The van der Waals surface area contributed by atoms with E-state index in [0.717, 1.165) is 6.07 Å². The second-order valence-electron chi connectivity index (χ2n) is 4.76. The second kappa shape index (κ2) is 7.80. The van der Waals surface area contributed by atoms with E-state index in [1.54, 1.807) is 24.3 Å². The van der Waals surface area contributed by atoms with Gasteiger partial charge in [0.15, 0.2) is 0 Å². The SMILES string of the molecule is COc1cccc(C(O)CNC(=O)Nc2ccc(F)c(Cl)c2)c1. The van der Waals surface area contributed by atoms with Crippen molar-refractivity contribution in [2.75, 3.05) is 19.0 Å². The molecule has 2 rings (SSSR count). The minimum absolute atomic E-state index is 0.00786. The van der Waals surface area contributed by atoms with E-state index >= 15 is 0 Å². The molecule has 0 bridgehead atoms. The molecule has 0 aliphatic heterocycles. The highest BCUT2D eigenvalue weighted by Crippen LogP contribution is 2.20. The molecule has 2 amide bonds. The van der Waals surface area contributed by atoms with E-state index in [4.69, 9.17) is 16.3 Å². The number of methoxy groups -OCH3 is 1. The first-order chi connectivity index (χ1) is 11.0. The molecule has 1 atom stereocenters. The molecule has 0 aromatic heterocycles. The van der Waals surface area contributed by atoms with E-state index in [1.807, 2.05) is 0 Å². The molecule has 0 saturated heterocycles. The molecule has 0 aliphatic rings. The molecular formula is C16H16ClFN2O3. The van der Waals surface area contributed by atoms with Gasteiger partial charge < -0.3 is 20.5 Å². The number of hydrogen-bond donors (Lipinski definition) is 3. The standard InChI is InChI=1S/C16H16ClFN2O3/c1-23-12-4-2-3-10(7-12)15(21)9-19-16(22)20-11-5-6-14(18)13(17)8-11/h2-8,15,21H,9H2,1H3,(H2,19,20,22). The highest BCUT2D eigenvalue weighted by Gasteiger charge is 2.11. The minimum atomic E-state index is -0.882. The minimum Gasteiger partial charge on any atom is -0.497 e. The lowest BCUT2D eigenvalue weighted by Gasteiger charge is -2.14. The molecule has 23 heavy (non-hydrogen) atoms. The summed E-state index contributed by atoms with van der Waals surface area (Å²) >= 11 is 5.63. The fourth-order valence-corrected chi connectivity index (χ4v) is 2.09. The van der Waals surface area contributed by atoms with E-state index in [2.05, 4.69) is 10.6 Å². The van der Waals surface area contributed by atoms with Crippen molar-refractivity contribution in [3.05, 3.63) is 58.9 Å². The molecule has 3 N–H and O–H groups in total. The van der Waals surface area contributed by atoms with Gasteiger partial charge in [-0.1, -0.05) is 23.7 Å². The number of benzene rings is 2. The zero-order valence-corrected chi connectivity index (χ0v) is 13.1. The van der Waals surface area contributed by atoms with Crippen LogP contribution in [0.4, 0.5) is 14.9 Å². The van der Waals surface area contributed by atoms with E-state index in [-0.39, 0.29) is 11.6 Å². The van der Waals surface area contributed by atoms with Gasteiger partial charge in [0.1, 0.15) is 11.6 Å². The Morgan fingerprint density at radius 2 is 2.13 bits per heavy atom. The first kappa shape index (κ1) is 17.1. The molecule has 122 valence electrons. The van der Waals surface area contributed by atoms with Crippen molar-refractivity contribution in [3.63, 3.8) is 0 Å². The number of aliphatic hydroxyl groups is 1. The van der Waals surface area contributed by atoms with Crippen LogP contribution in [0.25, 0.3) is 0 Å². The Kier molecular flexibility index (Phi) is 5.78. The molecule has 0 fully saturated rings. The fourth-order valence-electron chi connectivity index (χ4n) is 1.91. The number of carbonyl (C=O) groups excluding carboxylic acids is 1. The van der Waals surface area contributed by atoms with Crippen LogP contribution >= 0.6 is 11.6 Å². The zero-order valence-electron chi connectivity index (χ0n) is 12.3. The predicted octanol–water partition coefficient (Wildman–Crippen LogP) is 3.34. The average Bonchev–Trinajstić information content (AvgIpc) is 2.56. The van der Waals surface area contributed by atoms with Crippen LogP contribution in [0, 0.1) is 5.82 Å². The van der Waals surface area contributed by atoms with Gasteiger partial charge in [-0.2, -0.15) is 0 Å². The number of amides is 2. The predicted molar refractivity (Wildman–Crippen MR) is 86.4 cm³/mol. The van der Waals surface area contributed by atoms with E-state index < -0.39 is 18.0 Å². The second-order valence-corrected chi connectivity index (χ2v) is 5.16. The average molecular weight is 339 g/mol. The Hall–Kier alpha value is -2.31.